The molecular weight excluding hydrogens is 294 g/mol. The molecule has 0 saturated carbocycles. The number of carboxylic acid groups (broad SMARTS) is 1. The molecule has 0 aliphatic rings. The minimum absolute atomic E-state index is 0.178. The Bertz CT molecular complexity index is 643. The van der Waals surface area contributed by atoms with E-state index in [9.17, 15) is 14.7 Å². The molecule has 0 radical (unpaired) electrons. The number of hydrogen-bond donors (Lipinski definition) is 1. The van der Waals surface area contributed by atoms with Crippen LogP contribution in [0.25, 0.3) is 0 Å². The maximum Gasteiger partial charge on any atom is 0.410 e. The highest BCUT2D eigenvalue weighted by atomic mass is 16.5. The zero-order valence-corrected chi connectivity index (χ0v) is 12.9. The first-order valence-corrected chi connectivity index (χ1v) is 7.27. The molecule has 0 aliphatic heterocycles. The number of rotatable bonds is 6. The summed E-state index contributed by atoms with van der Waals surface area (Å²) in [6.45, 7) is 0.178. The van der Waals surface area contributed by atoms with Crippen LogP contribution < -0.4 is 0 Å². The molecule has 2 aromatic carbocycles. The standard InChI is InChI=1S/C18H19NO4/c1-23-18(22)19(13-15-10-6-3-7-11-15)16(17(20)21)12-14-8-4-2-5-9-14/h2-11,16H,12-13H2,1H3,(H,20,21)/t16-/m0/s1. The van der Waals surface area contributed by atoms with Gasteiger partial charge in [0.25, 0.3) is 0 Å². The largest absolute Gasteiger partial charge is 0.480 e. The van der Waals surface area contributed by atoms with E-state index in [1.807, 2.05) is 60.7 Å². The molecule has 0 aliphatic carbocycles. The Morgan fingerprint density at radius 2 is 1.52 bits per heavy atom. The first kappa shape index (κ1) is 16.5. The number of nitrogens with zero attached hydrogens (tertiary/aromatic N) is 1. The van der Waals surface area contributed by atoms with Gasteiger partial charge in [-0.3, -0.25) is 4.90 Å². The first-order chi connectivity index (χ1) is 11.1. The van der Waals surface area contributed by atoms with Crippen LogP contribution in [0.1, 0.15) is 11.1 Å². The molecule has 0 unspecified atom stereocenters. The quantitative estimate of drug-likeness (QED) is 0.890. The van der Waals surface area contributed by atoms with Crippen LogP contribution in [-0.4, -0.2) is 35.2 Å². The second-order valence-corrected chi connectivity index (χ2v) is 5.13. The van der Waals surface area contributed by atoms with Crippen LogP contribution in [0.2, 0.25) is 0 Å². The molecular formula is C18H19NO4. The molecule has 0 heterocycles. The number of carboxylic acids is 1. The Kier molecular flexibility index (Phi) is 5.74. The molecule has 1 N–H and O–H groups in total. The van der Waals surface area contributed by atoms with Crippen molar-refractivity contribution in [1.29, 1.82) is 0 Å². The summed E-state index contributed by atoms with van der Waals surface area (Å²) in [6.07, 6.45) is -0.435. The number of methoxy groups -OCH3 is 1. The van der Waals surface area contributed by atoms with Gasteiger partial charge in [-0.25, -0.2) is 9.59 Å². The van der Waals surface area contributed by atoms with Crippen molar-refractivity contribution in [3.05, 3.63) is 71.8 Å². The maximum absolute atomic E-state index is 12.1. The van der Waals surface area contributed by atoms with E-state index in [-0.39, 0.29) is 13.0 Å². The molecule has 0 aromatic heterocycles. The zero-order chi connectivity index (χ0) is 16.7. The van der Waals surface area contributed by atoms with Gasteiger partial charge in [0, 0.05) is 13.0 Å². The fraction of sp³-hybridized carbons (Fsp3) is 0.222. The van der Waals surface area contributed by atoms with Crippen LogP contribution >= 0.6 is 0 Å². The van der Waals surface area contributed by atoms with Crippen LogP contribution in [0, 0.1) is 0 Å². The first-order valence-electron chi connectivity index (χ1n) is 7.27. The van der Waals surface area contributed by atoms with Gasteiger partial charge >= 0.3 is 12.1 Å². The predicted octanol–water partition coefficient (Wildman–Crippen LogP) is 2.95. The van der Waals surface area contributed by atoms with Gasteiger partial charge in [-0.2, -0.15) is 0 Å². The van der Waals surface area contributed by atoms with Crippen LogP contribution in [-0.2, 0) is 22.5 Å². The minimum Gasteiger partial charge on any atom is -0.480 e. The van der Waals surface area contributed by atoms with Crippen LogP contribution in [0.5, 0.6) is 0 Å². The van der Waals surface area contributed by atoms with Crippen LogP contribution in [0.3, 0.4) is 0 Å². The van der Waals surface area contributed by atoms with Crippen molar-refractivity contribution in [1.82, 2.24) is 4.90 Å². The van der Waals surface area contributed by atoms with Crippen molar-refractivity contribution in [3.8, 4) is 0 Å². The molecule has 2 rings (SSSR count). The van der Waals surface area contributed by atoms with E-state index in [0.29, 0.717) is 0 Å². The topological polar surface area (TPSA) is 66.8 Å². The highest BCUT2D eigenvalue weighted by Gasteiger charge is 2.30. The summed E-state index contributed by atoms with van der Waals surface area (Å²) >= 11 is 0. The molecule has 0 fully saturated rings. The zero-order valence-electron chi connectivity index (χ0n) is 12.9. The van der Waals surface area contributed by atoms with E-state index in [4.69, 9.17) is 4.74 Å². The summed E-state index contributed by atoms with van der Waals surface area (Å²) in [7, 11) is 1.25. The monoisotopic (exact) mass is 313 g/mol. The Balaban J connectivity index is 2.26. The molecule has 5 nitrogen and oxygen atoms in total. The Morgan fingerprint density at radius 3 is 2.00 bits per heavy atom. The van der Waals surface area contributed by atoms with Gasteiger partial charge in [-0.1, -0.05) is 60.7 Å². The molecule has 0 bridgehead atoms. The molecule has 0 spiro atoms. The summed E-state index contributed by atoms with van der Waals surface area (Å²) in [5, 5.41) is 9.58. The third kappa shape index (κ3) is 4.57. The lowest BCUT2D eigenvalue weighted by atomic mass is 10.0. The average molecular weight is 313 g/mol. The van der Waals surface area contributed by atoms with Gasteiger partial charge in [0.05, 0.1) is 7.11 Å². The summed E-state index contributed by atoms with van der Waals surface area (Å²) in [5.74, 6) is -1.06. The van der Waals surface area contributed by atoms with Gasteiger partial charge in [0.2, 0.25) is 0 Å². The van der Waals surface area contributed by atoms with Gasteiger partial charge in [-0.15, -0.1) is 0 Å². The second-order valence-electron chi connectivity index (χ2n) is 5.13. The lowest BCUT2D eigenvalue weighted by molar-refractivity contribution is -0.142. The maximum atomic E-state index is 12.1. The van der Waals surface area contributed by atoms with E-state index < -0.39 is 18.1 Å². The van der Waals surface area contributed by atoms with Crippen molar-refractivity contribution in [2.24, 2.45) is 0 Å². The van der Waals surface area contributed by atoms with Crippen LogP contribution in [0.15, 0.2) is 60.7 Å². The molecule has 0 saturated heterocycles. The molecule has 5 heteroatoms. The highest BCUT2D eigenvalue weighted by Crippen LogP contribution is 2.15. The lowest BCUT2D eigenvalue weighted by Crippen LogP contribution is -2.45. The Hall–Kier alpha value is -2.82. The van der Waals surface area contributed by atoms with Gasteiger partial charge in [0.15, 0.2) is 0 Å². The van der Waals surface area contributed by atoms with Gasteiger partial charge in [-0.05, 0) is 11.1 Å². The lowest BCUT2D eigenvalue weighted by Gasteiger charge is -2.28. The van der Waals surface area contributed by atoms with E-state index in [1.165, 1.54) is 12.0 Å². The smallest absolute Gasteiger partial charge is 0.410 e. The number of hydrogen-bond acceptors (Lipinski definition) is 3. The van der Waals surface area contributed by atoms with Crippen molar-refractivity contribution in [3.63, 3.8) is 0 Å². The average Bonchev–Trinajstić information content (AvgIpc) is 2.59. The minimum atomic E-state index is -1.06. The Morgan fingerprint density at radius 1 is 1.00 bits per heavy atom. The van der Waals surface area contributed by atoms with Gasteiger partial charge < -0.3 is 9.84 Å². The summed E-state index contributed by atoms with van der Waals surface area (Å²) in [6, 6.07) is 17.5. The summed E-state index contributed by atoms with van der Waals surface area (Å²) < 4.78 is 4.78. The van der Waals surface area contributed by atoms with Crippen molar-refractivity contribution < 1.29 is 19.4 Å². The Labute approximate surface area is 135 Å². The van der Waals surface area contributed by atoms with Crippen molar-refractivity contribution in [2.75, 3.05) is 7.11 Å². The number of ether oxygens (including phenoxy) is 1. The number of carbonyl (C=O) groups is 2. The number of amides is 1. The second kappa shape index (κ2) is 7.98. The third-order valence-electron chi connectivity index (χ3n) is 3.54. The van der Waals surface area contributed by atoms with Crippen molar-refractivity contribution >= 4 is 12.1 Å². The molecule has 1 amide bonds. The fourth-order valence-electron chi connectivity index (χ4n) is 2.37. The number of aliphatic carboxylic acids is 1. The van der Waals surface area contributed by atoms with Crippen molar-refractivity contribution in [2.45, 2.75) is 19.0 Å². The predicted molar refractivity (Wildman–Crippen MR) is 86.0 cm³/mol. The van der Waals surface area contributed by atoms with E-state index in [0.717, 1.165) is 11.1 Å². The fourth-order valence-corrected chi connectivity index (χ4v) is 2.37. The van der Waals surface area contributed by atoms with Gasteiger partial charge in [0.1, 0.15) is 6.04 Å². The molecule has 23 heavy (non-hydrogen) atoms. The summed E-state index contributed by atoms with van der Waals surface area (Å²) in [5.41, 5.74) is 1.69. The molecule has 2 aromatic rings. The van der Waals surface area contributed by atoms with E-state index >= 15 is 0 Å². The van der Waals surface area contributed by atoms with Crippen LogP contribution in [0.4, 0.5) is 4.79 Å². The summed E-state index contributed by atoms with van der Waals surface area (Å²) in [4.78, 5) is 25.0. The SMILES string of the molecule is COC(=O)N(Cc1ccccc1)[C@@H](Cc1ccccc1)C(=O)O. The highest BCUT2D eigenvalue weighted by molar-refractivity contribution is 5.80. The molecule has 1 atom stereocenters. The molecule has 120 valence electrons. The normalized spacial score (nSPS) is 11.5. The number of carbonyl (C=O) groups excluding carboxylic acids is 1. The van der Waals surface area contributed by atoms with E-state index in [1.54, 1.807) is 0 Å². The van der Waals surface area contributed by atoms with E-state index in [2.05, 4.69) is 0 Å². The number of benzene rings is 2. The third-order valence-corrected chi connectivity index (χ3v) is 3.54.